The van der Waals surface area contributed by atoms with E-state index in [0.29, 0.717) is 32.8 Å². The van der Waals surface area contributed by atoms with Gasteiger partial charge in [0.15, 0.2) is 0 Å². The Morgan fingerprint density at radius 2 is 1.79 bits per heavy atom. The molecule has 0 atom stereocenters. The number of ether oxygens (including phenoxy) is 2. The topological polar surface area (TPSA) is 68.0 Å². The fourth-order valence-electron chi connectivity index (χ4n) is 1.86. The molecule has 1 heterocycles. The zero-order valence-corrected chi connectivity index (χ0v) is 12.4. The normalized spacial score (nSPS) is 17.6. The van der Waals surface area contributed by atoms with Crippen molar-refractivity contribution in [3.05, 3.63) is 0 Å². The first-order valence-electron chi connectivity index (χ1n) is 6.90. The highest BCUT2D eigenvalue weighted by molar-refractivity contribution is 5.68. The Morgan fingerprint density at radius 3 is 2.32 bits per heavy atom. The van der Waals surface area contributed by atoms with Gasteiger partial charge in [0.2, 0.25) is 0 Å². The van der Waals surface area contributed by atoms with Crippen molar-refractivity contribution >= 4 is 6.09 Å². The highest BCUT2D eigenvalue weighted by Gasteiger charge is 2.25. The molecule has 0 unspecified atom stereocenters. The summed E-state index contributed by atoms with van der Waals surface area (Å²) >= 11 is 0. The molecule has 19 heavy (non-hydrogen) atoms. The van der Waals surface area contributed by atoms with E-state index in [1.807, 2.05) is 20.8 Å². The van der Waals surface area contributed by atoms with Crippen LogP contribution in [0.4, 0.5) is 4.79 Å². The fourth-order valence-corrected chi connectivity index (χ4v) is 1.86. The van der Waals surface area contributed by atoms with Crippen LogP contribution in [0.5, 0.6) is 0 Å². The van der Waals surface area contributed by atoms with Crippen LogP contribution in [0.1, 0.15) is 20.8 Å². The van der Waals surface area contributed by atoms with Crippen LogP contribution in [0.15, 0.2) is 0 Å². The van der Waals surface area contributed by atoms with Crippen molar-refractivity contribution in [2.75, 3.05) is 52.5 Å². The summed E-state index contributed by atoms with van der Waals surface area (Å²) < 4.78 is 10.7. The van der Waals surface area contributed by atoms with Crippen LogP contribution in [0.3, 0.4) is 0 Å². The summed E-state index contributed by atoms with van der Waals surface area (Å²) in [5, 5.41) is 0. The molecule has 0 aromatic carbocycles. The number of nitrogens with two attached hydrogens (primary N) is 1. The zero-order chi connectivity index (χ0) is 14.3. The highest BCUT2D eigenvalue weighted by atomic mass is 16.6. The molecule has 1 saturated heterocycles. The summed E-state index contributed by atoms with van der Waals surface area (Å²) in [5.41, 5.74) is 4.93. The number of carbonyl (C=O) groups excluding carboxylic acids is 1. The van der Waals surface area contributed by atoms with Crippen LogP contribution in [-0.2, 0) is 9.47 Å². The molecular formula is C13H27N3O3. The molecular weight excluding hydrogens is 246 g/mol. The minimum atomic E-state index is -0.426. The lowest BCUT2D eigenvalue weighted by atomic mass is 10.2. The van der Waals surface area contributed by atoms with Crippen LogP contribution in [0.25, 0.3) is 0 Å². The number of hydrogen-bond donors (Lipinski definition) is 1. The lowest BCUT2D eigenvalue weighted by Crippen LogP contribution is -2.50. The molecule has 6 nitrogen and oxygen atoms in total. The molecule has 0 aliphatic carbocycles. The minimum Gasteiger partial charge on any atom is -0.444 e. The second kappa shape index (κ2) is 7.67. The van der Waals surface area contributed by atoms with E-state index in [0.717, 1.165) is 19.6 Å². The van der Waals surface area contributed by atoms with Crippen LogP contribution in [0, 0.1) is 0 Å². The van der Waals surface area contributed by atoms with Gasteiger partial charge in [-0.05, 0) is 20.8 Å². The Balaban J connectivity index is 2.19. The maximum atomic E-state index is 11.9. The van der Waals surface area contributed by atoms with E-state index in [2.05, 4.69) is 4.90 Å². The summed E-state index contributed by atoms with van der Waals surface area (Å²) in [4.78, 5) is 15.9. The Morgan fingerprint density at radius 1 is 1.16 bits per heavy atom. The zero-order valence-electron chi connectivity index (χ0n) is 12.4. The van der Waals surface area contributed by atoms with E-state index in [9.17, 15) is 4.79 Å². The number of piperazine rings is 1. The van der Waals surface area contributed by atoms with Crippen molar-refractivity contribution in [3.8, 4) is 0 Å². The van der Waals surface area contributed by atoms with Gasteiger partial charge in [0, 0.05) is 39.3 Å². The average molecular weight is 273 g/mol. The summed E-state index contributed by atoms with van der Waals surface area (Å²) in [6.07, 6.45) is -0.216. The standard InChI is InChI=1S/C13H27N3O3/c1-13(2,3)19-12(17)16-7-5-15(6-8-16)9-11-18-10-4-14/h4-11,14H2,1-3H3. The first-order chi connectivity index (χ1) is 8.92. The lowest BCUT2D eigenvalue weighted by Gasteiger charge is -2.35. The van der Waals surface area contributed by atoms with E-state index < -0.39 is 5.60 Å². The molecule has 1 fully saturated rings. The van der Waals surface area contributed by atoms with Gasteiger partial charge in [-0.3, -0.25) is 4.90 Å². The summed E-state index contributed by atoms with van der Waals surface area (Å²) in [5.74, 6) is 0. The Bertz CT molecular complexity index is 271. The van der Waals surface area contributed by atoms with Crippen molar-refractivity contribution in [2.45, 2.75) is 26.4 Å². The maximum Gasteiger partial charge on any atom is 0.410 e. The summed E-state index contributed by atoms with van der Waals surface area (Å²) in [6.45, 7) is 11.6. The number of hydrogen-bond acceptors (Lipinski definition) is 5. The summed E-state index contributed by atoms with van der Waals surface area (Å²) in [7, 11) is 0. The Hall–Kier alpha value is -0.850. The molecule has 1 amide bonds. The third kappa shape index (κ3) is 6.75. The van der Waals surface area contributed by atoms with Crippen molar-refractivity contribution in [2.24, 2.45) is 5.73 Å². The van der Waals surface area contributed by atoms with Gasteiger partial charge in [0.25, 0.3) is 0 Å². The first kappa shape index (κ1) is 16.2. The number of rotatable bonds is 5. The van der Waals surface area contributed by atoms with Crippen molar-refractivity contribution < 1.29 is 14.3 Å². The second-order valence-electron chi connectivity index (χ2n) is 5.71. The van der Waals surface area contributed by atoms with E-state index in [-0.39, 0.29) is 6.09 Å². The molecule has 1 rings (SSSR count). The molecule has 0 radical (unpaired) electrons. The van der Waals surface area contributed by atoms with E-state index >= 15 is 0 Å². The van der Waals surface area contributed by atoms with Crippen molar-refractivity contribution in [1.82, 2.24) is 9.80 Å². The Kier molecular flexibility index (Phi) is 6.54. The van der Waals surface area contributed by atoms with Crippen molar-refractivity contribution in [1.29, 1.82) is 0 Å². The predicted molar refractivity (Wildman–Crippen MR) is 74.1 cm³/mol. The molecule has 1 aliphatic rings. The van der Waals surface area contributed by atoms with Gasteiger partial charge in [-0.15, -0.1) is 0 Å². The van der Waals surface area contributed by atoms with E-state index in [4.69, 9.17) is 15.2 Å². The molecule has 0 aromatic rings. The maximum absolute atomic E-state index is 11.9. The van der Waals surface area contributed by atoms with Crippen LogP contribution in [-0.4, -0.2) is 74.0 Å². The van der Waals surface area contributed by atoms with Gasteiger partial charge in [-0.25, -0.2) is 4.79 Å². The molecule has 1 aliphatic heterocycles. The molecule has 6 heteroatoms. The molecule has 112 valence electrons. The average Bonchev–Trinajstić information content (AvgIpc) is 2.33. The minimum absolute atomic E-state index is 0.216. The Labute approximate surface area is 115 Å². The van der Waals surface area contributed by atoms with Crippen LogP contribution < -0.4 is 5.73 Å². The molecule has 2 N–H and O–H groups in total. The predicted octanol–water partition coefficient (Wildman–Crippen LogP) is 0.514. The second-order valence-corrected chi connectivity index (χ2v) is 5.71. The van der Waals surface area contributed by atoms with Gasteiger partial charge < -0.3 is 20.1 Å². The third-order valence-corrected chi connectivity index (χ3v) is 2.84. The smallest absolute Gasteiger partial charge is 0.410 e. The molecule has 0 spiro atoms. The van der Waals surface area contributed by atoms with E-state index in [1.165, 1.54) is 0 Å². The molecule has 0 aromatic heterocycles. The van der Waals surface area contributed by atoms with Gasteiger partial charge in [0.05, 0.1) is 13.2 Å². The highest BCUT2D eigenvalue weighted by Crippen LogP contribution is 2.11. The monoisotopic (exact) mass is 273 g/mol. The van der Waals surface area contributed by atoms with Gasteiger partial charge in [0.1, 0.15) is 5.60 Å². The van der Waals surface area contributed by atoms with Gasteiger partial charge in [-0.1, -0.05) is 0 Å². The largest absolute Gasteiger partial charge is 0.444 e. The first-order valence-corrected chi connectivity index (χ1v) is 6.90. The van der Waals surface area contributed by atoms with E-state index in [1.54, 1.807) is 4.90 Å². The summed E-state index contributed by atoms with van der Waals surface area (Å²) in [6, 6.07) is 0. The van der Waals surface area contributed by atoms with Crippen LogP contribution >= 0.6 is 0 Å². The molecule has 0 saturated carbocycles. The van der Waals surface area contributed by atoms with Gasteiger partial charge >= 0.3 is 6.09 Å². The van der Waals surface area contributed by atoms with Crippen molar-refractivity contribution in [3.63, 3.8) is 0 Å². The number of carbonyl (C=O) groups is 1. The fraction of sp³-hybridized carbons (Fsp3) is 0.923. The molecule has 0 bridgehead atoms. The lowest BCUT2D eigenvalue weighted by molar-refractivity contribution is 0.0117. The third-order valence-electron chi connectivity index (χ3n) is 2.84. The number of amides is 1. The number of nitrogens with zero attached hydrogens (tertiary/aromatic N) is 2. The van der Waals surface area contributed by atoms with Crippen LogP contribution in [0.2, 0.25) is 0 Å². The van der Waals surface area contributed by atoms with Gasteiger partial charge in [-0.2, -0.15) is 0 Å². The quantitative estimate of drug-likeness (QED) is 0.739. The SMILES string of the molecule is CC(C)(C)OC(=O)N1CCN(CCOCCN)CC1.